The van der Waals surface area contributed by atoms with E-state index in [1.807, 2.05) is 0 Å². The summed E-state index contributed by atoms with van der Waals surface area (Å²) in [6.07, 6.45) is 6.23. The van der Waals surface area contributed by atoms with E-state index in [1.165, 1.54) is 0 Å². The van der Waals surface area contributed by atoms with Crippen molar-refractivity contribution in [1.82, 2.24) is 5.32 Å². The van der Waals surface area contributed by atoms with Crippen LogP contribution in [0.25, 0.3) is 0 Å². The van der Waals surface area contributed by atoms with Gasteiger partial charge in [0.1, 0.15) is 0 Å². The Morgan fingerprint density at radius 2 is 1.90 bits per heavy atom. The van der Waals surface area contributed by atoms with E-state index in [9.17, 15) is 4.79 Å². The third-order valence-electron chi connectivity index (χ3n) is 3.99. The zero-order chi connectivity index (χ0) is 15.9. The summed E-state index contributed by atoms with van der Waals surface area (Å²) in [4.78, 5) is 11.9. The highest BCUT2D eigenvalue weighted by Gasteiger charge is 2.19. The predicted octanol–water partition coefficient (Wildman–Crippen LogP) is 2.85. The normalized spacial score (nSPS) is 24.6. The molecular formula is C17H34N2O2. The predicted molar refractivity (Wildman–Crippen MR) is 87.0 cm³/mol. The van der Waals surface area contributed by atoms with Gasteiger partial charge in [0.05, 0.1) is 12.7 Å². The molecule has 1 saturated carbocycles. The molecule has 0 aromatic carbocycles. The van der Waals surface area contributed by atoms with Gasteiger partial charge < -0.3 is 15.8 Å². The van der Waals surface area contributed by atoms with E-state index in [-0.39, 0.29) is 11.3 Å². The van der Waals surface area contributed by atoms with Crippen LogP contribution in [-0.4, -0.2) is 31.2 Å². The second-order valence-electron chi connectivity index (χ2n) is 7.83. The lowest BCUT2D eigenvalue weighted by Crippen LogP contribution is -2.33. The van der Waals surface area contributed by atoms with E-state index in [0.29, 0.717) is 37.6 Å². The first-order valence-electron chi connectivity index (χ1n) is 8.40. The van der Waals surface area contributed by atoms with Crippen molar-refractivity contribution in [3.05, 3.63) is 0 Å². The molecule has 0 heterocycles. The molecule has 1 rings (SSSR count). The van der Waals surface area contributed by atoms with E-state index >= 15 is 0 Å². The van der Waals surface area contributed by atoms with Crippen molar-refractivity contribution in [3.8, 4) is 0 Å². The molecule has 21 heavy (non-hydrogen) atoms. The summed E-state index contributed by atoms with van der Waals surface area (Å²) in [6, 6.07) is 0.355. The second-order valence-corrected chi connectivity index (χ2v) is 7.83. The fraction of sp³-hybridized carbons (Fsp3) is 0.941. The van der Waals surface area contributed by atoms with Gasteiger partial charge in [-0.15, -0.1) is 0 Å². The number of amides is 1. The van der Waals surface area contributed by atoms with Crippen molar-refractivity contribution in [1.29, 1.82) is 0 Å². The van der Waals surface area contributed by atoms with Gasteiger partial charge in [0, 0.05) is 19.0 Å². The highest BCUT2D eigenvalue weighted by molar-refractivity contribution is 5.76. The second kappa shape index (κ2) is 8.74. The number of hydrogen-bond acceptors (Lipinski definition) is 3. The van der Waals surface area contributed by atoms with Gasteiger partial charge in [-0.05, 0) is 43.4 Å². The zero-order valence-corrected chi connectivity index (χ0v) is 14.3. The lowest BCUT2D eigenvalue weighted by molar-refractivity contribution is -0.122. The number of nitrogens with two attached hydrogens (primary N) is 1. The minimum absolute atomic E-state index is 0.140. The summed E-state index contributed by atoms with van der Waals surface area (Å²) in [6.45, 7) is 10.0. The highest BCUT2D eigenvalue weighted by atomic mass is 16.5. The summed E-state index contributed by atoms with van der Waals surface area (Å²) in [7, 11) is 0. The molecule has 0 bridgehead atoms. The molecule has 1 aliphatic carbocycles. The van der Waals surface area contributed by atoms with Gasteiger partial charge in [0.15, 0.2) is 0 Å². The molecule has 0 spiro atoms. The maximum absolute atomic E-state index is 11.9. The SMILES string of the molecule is CC(CC(=O)NCCOC1CCC(N)CC1)CC(C)(C)C. The maximum Gasteiger partial charge on any atom is 0.220 e. The van der Waals surface area contributed by atoms with Crippen LogP contribution in [-0.2, 0) is 9.53 Å². The summed E-state index contributed by atoms with van der Waals surface area (Å²) >= 11 is 0. The van der Waals surface area contributed by atoms with Gasteiger partial charge in [-0.3, -0.25) is 4.79 Å². The zero-order valence-electron chi connectivity index (χ0n) is 14.3. The average Bonchev–Trinajstić information content (AvgIpc) is 2.34. The van der Waals surface area contributed by atoms with E-state index < -0.39 is 0 Å². The molecule has 4 heteroatoms. The van der Waals surface area contributed by atoms with Crippen LogP contribution in [0.5, 0.6) is 0 Å². The van der Waals surface area contributed by atoms with Crippen molar-refractivity contribution < 1.29 is 9.53 Å². The molecule has 0 saturated heterocycles. The number of hydrogen-bond donors (Lipinski definition) is 2. The minimum atomic E-state index is 0.140. The van der Waals surface area contributed by atoms with Gasteiger partial charge >= 0.3 is 0 Å². The van der Waals surface area contributed by atoms with E-state index in [2.05, 4.69) is 33.0 Å². The number of rotatable bonds is 7. The molecule has 1 unspecified atom stereocenters. The molecule has 4 nitrogen and oxygen atoms in total. The van der Waals surface area contributed by atoms with Crippen LogP contribution >= 0.6 is 0 Å². The van der Waals surface area contributed by atoms with Crippen molar-refractivity contribution >= 4 is 5.91 Å². The molecule has 1 fully saturated rings. The Labute approximate surface area is 130 Å². The summed E-state index contributed by atoms with van der Waals surface area (Å²) in [5.74, 6) is 0.562. The third kappa shape index (κ3) is 9.10. The Morgan fingerprint density at radius 3 is 2.48 bits per heavy atom. The van der Waals surface area contributed by atoms with Gasteiger partial charge in [-0.2, -0.15) is 0 Å². The first-order valence-corrected chi connectivity index (χ1v) is 8.40. The highest BCUT2D eigenvalue weighted by Crippen LogP contribution is 2.25. The molecular weight excluding hydrogens is 264 g/mol. The first-order chi connectivity index (χ1) is 9.76. The number of carbonyl (C=O) groups excluding carboxylic acids is 1. The lowest BCUT2D eigenvalue weighted by Gasteiger charge is -2.26. The Bertz CT molecular complexity index is 304. The molecule has 0 aliphatic heterocycles. The smallest absolute Gasteiger partial charge is 0.220 e. The summed E-state index contributed by atoms with van der Waals surface area (Å²) in [5, 5.41) is 2.96. The Hall–Kier alpha value is -0.610. The third-order valence-corrected chi connectivity index (χ3v) is 3.99. The van der Waals surface area contributed by atoms with Crippen LogP contribution in [0.3, 0.4) is 0 Å². The van der Waals surface area contributed by atoms with E-state index in [0.717, 1.165) is 32.1 Å². The molecule has 3 N–H and O–H groups in total. The van der Waals surface area contributed by atoms with Crippen molar-refractivity contribution in [2.45, 2.75) is 78.4 Å². The van der Waals surface area contributed by atoms with Crippen molar-refractivity contribution in [2.75, 3.05) is 13.2 Å². The maximum atomic E-state index is 11.9. The molecule has 1 amide bonds. The molecule has 1 aliphatic rings. The van der Waals surface area contributed by atoms with Crippen LogP contribution < -0.4 is 11.1 Å². The Morgan fingerprint density at radius 1 is 1.29 bits per heavy atom. The number of nitrogens with one attached hydrogen (secondary N) is 1. The standard InChI is InChI=1S/C17H34N2O2/c1-13(12-17(2,3)4)11-16(20)19-9-10-21-15-7-5-14(18)6-8-15/h13-15H,5-12,18H2,1-4H3,(H,19,20). The van der Waals surface area contributed by atoms with Crippen LogP contribution in [0.4, 0.5) is 0 Å². The monoisotopic (exact) mass is 298 g/mol. The molecule has 1 atom stereocenters. The van der Waals surface area contributed by atoms with Gasteiger partial charge in [0.2, 0.25) is 5.91 Å². The summed E-state index contributed by atoms with van der Waals surface area (Å²) < 4.78 is 5.80. The number of ether oxygens (including phenoxy) is 1. The van der Waals surface area contributed by atoms with E-state index in [4.69, 9.17) is 10.5 Å². The van der Waals surface area contributed by atoms with Gasteiger partial charge in [-0.25, -0.2) is 0 Å². The molecule has 0 aromatic rings. The van der Waals surface area contributed by atoms with Crippen LogP contribution in [0.2, 0.25) is 0 Å². The van der Waals surface area contributed by atoms with Crippen molar-refractivity contribution in [2.24, 2.45) is 17.1 Å². The van der Waals surface area contributed by atoms with Crippen LogP contribution in [0, 0.1) is 11.3 Å². The van der Waals surface area contributed by atoms with Crippen LogP contribution in [0.1, 0.15) is 66.2 Å². The van der Waals surface area contributed by atoms with Crippen LogP contribution in [0.15, 0.2) is 0 Å². The fourth-order valence-electron chi connectivity index (χ4n) is 3.18. The minimum Gasteiger partial charge on any atom is -0.376 e. The quantitative estimate of drug-likeness (QED) is 0.710. The largest absolute Gasteiger partial charge is 0.376 e. The summed E-state index contributed by atoms with van der Waals surface area (Å²) in [5.41, 5.74) is 6.15. The Balaban J connectivity index is 2.05. The van der Waals surface area contributed by atoms with Crippen molar-refractivity contribution in [3.63, 3.8) is 0 Å². The topological polar surface area (TPSA) is 64.3 Å². The fourth-order valence-corrected chi connectivity index (χ4v) is 3.18. The Kier molecular flexibility index (Phi) is 7.67. The van der Waals surface area contributed by atoms with Gasteiger partial charge in [-0.1, -0.05) is 27.7 Å². The van der Waals surface area contributed by atoms with Gasteiger partial charge in [0.25, 0.3) is 0 Å². The van der Waals surface area contributed by atoms with E-state index in [1.54, 1.807) is 0 Å². The average molecular weight is 298 g/mol. The molecule has 124 valence electrons. The molecule has 0 aromatic heterocycles. The lowest BCUT2D eigenvalue weighted by atomic mass is 9.84. The molecule has 0 radical (unpaired) electrons. The number of carbonyl (C=O) groups is 1. The first kappa shape index (κ1) is 18.4.